The van der Waals surface area contributed by atoms with E-state index in [1.54, 1.807) is 13.8 Å². The second kappa shape index (κ2) is 7.65. The average Bonchev–Trinajstić information content (AvgIpc) is 2.46. The van der Waals surface area contributed by atoms with Crippen LogP contribution in [-0.4, -0.2) is 39.4 Å². The van der Waals surface area contributed by atoms with Gasteiger partial charge in [-0.05, 0) is 19.9 Å². The second-order valence-corrected chi connectivity index (χ2v) is 7.59. The summed E-state index contributed by atoms with van der Waals surface area (Å²) in [5.41, 5.74) is 0.933. The fourth-order valence-electron chi connectivity index (χ4n) is 2.42. The summed E-state index contributed by atoms with van der Waals surface area (Å²) < 4.78 is 31.4. The van der Waals surface area contributed by atoms with E-state index in [-0.39, 0.29) is 30.4 Å². The van der Waals surface area contributed by atoms with Crippen LogP contribution in [0.2, 0.25) is 0 Å². The molecule has 1 heterocycles. The van der Waals surface area contributed by atoms with Crippen molar-refractivity contribution >= 4 is 16.1 Å². The van der Waals surface area contributed by atoms with Gasteiger partial charge < -0.3 is 15.4 Å². The number of carbonyl (C=O) groups is 1. The van der Waals surface area contributed by atoms with Gasteiger partial charge in [0.2, 0.25) is 10.0 Å². The Balaban J connectivity index is 1.82. The Bertz CT molecular complexity index is 646. The van der Waals surface area contributed by atoms with Gasteiger partial charge in [0.05, 0.1) is 18.4 Å². The summed E-state index contributed by atoms with van der Waals surface area (Å²) in [6.07, 6.45) is 0.678. The number of hydrogen-bond acceptors (Lipinski definition) is 4. The van der Waals surface area contributed by atoms with Gasteiger partial charge in [-0.15, -0.1) is 0 Å². The number of rotatable bonds is 6. The molecule has 128 valence electrons. The van der Waals surface area contributed by atoms with Gasteiger partial charge in [0, 0.05) is 24.6 Å². The first kappa shape index (κ1) is 17.6. The van der Waals surface area contributed by atoms with Crippen molar-refractivity contribution in [2.24, 2.45) is 0 Å². The third-order valence-electron chi connectivity index (χ3n) is 3.34. The Morgan fingerprint density at radius 2 is 2.09 bits per heavy atom. The Kier molecular flexibility index (Phi) is 5.84. The highest BCUT2D eigenvalue weighted by molar-refractivity contribution is 7.89. The summed E-state index contributed by atoms with van der Waals surface area (Å²) >= 11 is 0. The predicted molar refractivity (Wildman–Crippen MR) is 87.9 cm³/mol. The number of fused-ring (bicyclic) bond motifs is 1. The molecule has 1 aliphatic heterocycles. The van der Waals surface area contributed by atoms with Crippen LogP contribution in [0.3, 0.4) is 0 Å². The number of carbonyl (C=O) groups excluding carboxylic acids is 1. The summed E-state index contributed by atoms with van der Waals surface area (Å²) in [6.45, 7) is 4.09. The molecule has 1 aliphatic rings. The Hall–Kier alpha value is -1.80. The molecule has 3 N–H and O–H groups in total. The molecular weight excluding hydrogens is 318 g/mol. The maximum Gasteiger partial charge on any atom is 0.315 e. The van der Waals surface area contributed by atoms with Crippen molar-refractivity contribution in [3.8, 4) is 5.75 Å². The van der Waals surface area contributed by atoms with E-state index in [1.165, 1.54) is 0 Å². The number of hydrogen-bond donors (Lipinski definition) is 3. The number of para-hydroxylation sites is 1. The molecule has 1 aromatic rings. The van der Waals surface area contributed by atoms with Crippen LogP contribution in [0, 0.1) is 0 Å². The van der Waals surface area contributed by atoms with E-state index < -0.39 is 10.0 Å². The van der Waals surface area contributed by atoms with E-state index in [4.69, 9.17) is 4.74 Å². The van der Waals surface area contributed by atoms with Gasteiger partial charge in [-0.25, -0.2) is 17.9 Å². The van der Waals surface area contributed by atoms with Gasteiger partial charge in [0.1, 0.15) is 5.75 Å². The Morgan fingerprint density at radius 1 is 1.35 bits per heavy atom. The molecule has 2 amide bonds. The molecule has 0 radical (unpaired) electrons. The van der Waals surface area contributed by atoms with E-state index in [1.807, 2.05) is 24.3 Å². The van der Waals surface area contributed by atoms with Gasteiger partial charge in [-0.1, -0.05) is 18.2 Å². The first-order valence-electron chi connectivity index (χ1n) is 7.63. The van der Waals surface area contributed by atoms with Gasteiger partial charge in [0.25, 0.3) is 0 Å². The molecule has 7 nitrogen and oxygen atoms in total. The first-order valence-corrected chi connectivity index (χ1v) is 9.29. The minimum Gasteiger partial charge on any atom is -0.493 e. The van der Waals surface area contributed by atoms with Crippen LogP contribution in [-0.2, 0) is 10.0 Å². The van der Waals surface area contributed by atoms with E-state index >= 15 is 0 Å². The zero-order chi connectivity index (χ0) is 16.9. The van der Waals surface area contributed by atoms with Crippen molar-refractivity contribution in [3.63, 3.8) is 0 Å². The zero-order valence-corrected chi connectivity index (χ0v) is 14.2. The van der Waals surface area contributed by atoms with E-state index in [2.05, 4.69) is 15.4 Å². The van der Waals surface area contributed by atoms with Crippen molar-refractivity contribution < 1.29 is 17.9 Å². The van der Waals surface area contributed by atoms with Gasteiger partial charge in [-0.2, -0.15) is 0 Å². The summed E-state index contributed by atoms with van der Waals surface area (Å²) in [5.74, 6) is 0.621. The molecule has 0 aliphatic carbocycles. The van der Waals surface area contributed by atoms with Crippen LogP contribution in [0.1, 0.15) is 31.9 Å². The van der Waals surface area contributed by atoms with Crippen molar-refractivity contribution in [1.29, 1.82) is 0 Å². The van der Waals surface area contributed by atoms with E-state index in [9.17, 15) is 13.2 Å². The molecule has 1 aromatic carbocycles. The quantitative estimate of drug-likeness (QED) is 0.723. The van der Waals surface area contributed by atoms with Crippen LogP contribution in [0.5, 0.6) is 5.75 Å². The van der Waals surface area contributed by atoms with Crippen molar-refractivity contribution in [2.75, 3.05) is 18.9 Å². The largest absolute Gasteiger partial charge is 0.493 e. The molecule has 0 fully saturated rings. The van der Waals surface area contributed by atoms with Crippen molar-refractivity contribution in [1.82, 2.24) is 15.4 Å². The standard InChI is InChI=1S/C15H23N3O4S/c1-11(2)18-23(20,21)10-8-16-15(19)17-13-7-9-22-14-6-4-3-5-12(13)14/h3-6,11,13,18H,7-10H2,1-2H3,(H2,16,17,19)/t13-/m0/s1. The number of sulfonamides is 1. The first-order chi connectivity index (χ1) is 10.9. The minimum atomic E-state index is -3.37. The van der Waals surface area contributed by atoms with Gasteiger partial charge >= 0.3 is 6.03 Å². The maximum atomic E-state index is 12.0. The van der Waals surface area contributed by atoms with Crippen LogP contribution in [0.25, 0.3) is 0 Å². The third kappa shape index (κ3) is 5.40. The highest BCUT2D eigenvalue weighted by Crippen LogP contribution is 2.31. The molecule has 0 spiro atoms. The highest BCUT2D eigenvalue weighted by atomic mass is 32.2. The molecule has 23 heavy (non-hydrogen) atoms. The lowest BCUT2D eigenvalue weighted by atomic mass is 10.0. The zero-order valence-electron chi connectivity index (χ0n) is 13.3. The second-order valence-electron chi connectivity index (χ2n) is 5.72. The number of amides is 2. The lowest BCUT2D eigenvalue weighted by Gasteiger charge is -2.26. The number of ether oxygens (including phenoxy) is 1. The number of benzene rings is 1. The molecular formula is C15H23N3O4S. The molecule has 0 aromatic heterocycles. The van der Waals surface area contributed by atoms with Crippen molar-refractivity contribution in [3.05, 3.63) is 29.8 Å². The van der Waals surface area contributed by atoms with Crippen LogP contribution < -0.4 is 20.1 Å². The summed E-state index contributed by atoms with van der Waals surface area (Å²) in [7, 11) is -3.37. The summed E-state index contributed by atoms with van der Waals surface area (Å²) in [4.78, 5) is 12.0. The monoisotopic (exact) mass is 341 g/mol. The third-order valence-corrected chi connectivity index (χ3v) is 4.91. The number of urea groups is 1. The SMILES string of the molecule is CC(C)NS(=O)(=O)CCNC(=O)N[C@H]1CCOc2ccccc21. The Morgan fingerprint density at radius 3 is 2.83 bits per heavy atom. The maximum absolute atomic E-state index is 12.0. The molecule has 0 saturated heterocycles. The van der Waals surface area contributed by atoms with Crippen LogP contribution in [0.4, 0.5) is 4.79 Å². The Labute approximate surface area is 136 Å². The van der Waals surface area contributed by atoms with E-state index in [0.717, 1.165) is 11.3 Å². The lowest BCUT2D eigenvalue weighted by Crippen LogP contribution is -2.43. The van der Waals surface area contributed by atoms with Crippen LogP contribution >= 0.6 is 0 Å². The van der Waals surface area contributed by atoms with E-state index in [0.29, 0.717) is 13.0 Å². The van der Waals surface area contributed by atoms with Gasteiger partial charge in [-0.3, -0.25) is 0 Å². The smallest absolute Gasteiger partial charge is 0.315 e. The minimum absolute atomic E-state index is 0.0543. The molecule has 0 bridgehead atoms. The topological polar surface area (TPSA) is 96.5 Å². The molecule has 0 unspecified atom stereocenters. The van der Waals surface area contributed by atoms with Crippen LogP contribution in [0.15, 0.2) is 24.3 Å². The number of nitrogens with one attached hydrogen (secondary N) is 3. The molecule has 0 saturated carbocycles. The molecule has 1 atom stereocenters. The summed E-state index contributed by atoms with van der Waals surface area (Å²) in [5, 5.41) is 5.44. The molecule has 2 rings (SSSR count). The average molecular weight is 341 g/mol. The van der Waals surface area contributed by atoms with Crippen molar-refractivity contribution in [2.45, 2.75) is 32.4 Å². The fourth-order valence-corrected chi connectivity index (χ4v) is 3.63. The highest BCUT2D eigenvalue weighted by Gasteiger charge is 2.22. The predicted octanol–water partition coefficient (Wildman–Crippen LogP) is 1.14. The molecule has 8 heteroatoms. The lowest BCUT2D eigenvalue weighted by molar-refractivity contribution is 0.224. The summed E-state index contributed by atoms with van der Waals surface area (Å²) in [6, 6.07) is 6.88. The normalized spacial score (nSPS) is 17.3. The fraction of sp³-hybridized carbons (Fsp3) is 0.533. The van der Waals surface area contributed by atoms with Gasteiger partial charge in [0.15, 0.2) is 0 Å².